The summed E-state index contributed by atoms with van der Waals surface area (Å²) in [5.74, 6) is 0.540. The van der Waals surface area contributed by atoms with Crippen LogP contribution in [0, 0.1) is 13.8 Å². The van der Waals surface area contributed by atoms with E-state index >= 15 is 0 Å². The van der Waals surface area contributed by atoms with E-state index in [1.165, 1.54) is 16.0 Å². The minimum absolute atomic E-state index is 0.277. The molecule has 25 heavy (non-hydrogen) atoms. The number of carbonyl (C=O) groups excluding carboxylic acids is 1. The van der Waals surface area contributed by atoms with Gasteiger partial charge in [0.1, 0.15) is 0 Å². The lowest BCUT2D eigenvalue weighted by Crippen LogP contribution is -2.15. The van der Waals surface area contributed by atoms with Gasteiger partial charge in [-0.05, 0) is 62.6 Å². The van der Waals surface area contributed by atoms with Crippen molar-refractivity contribution < 1.29 is 14.6 Å². The number of aromatic nitrogens is 2. The Kier molecular flexibility index (Phi) is 7.52. The molecule has 0 spiro atoms. The summed E-state index contributed by atoms with van der Waals surface area (Å²) >= 11 is 1.81. The first-order chi connectivity index (χ1) is 12.0. The number of esters is 1. The Morgan fingerprint density at radius 3 is 2.88 bits per heavy atom. The van der Waals surface area contributed by atoms with E-state index in [-0.39, 0.29) is 5.69 Å². The van der Waals surface area contributed by atoms with E-state index in [1.54, 1.807) is 24.0 Å². The zero-order valence-corrected chi connectivity index (χ0v) is 15.9. The molecule has 2 rings (SSSR count). The predicted octanol–water partition coefficient (Wildman–Crippen LogP) is 3.61. The van der Waals surface area contributed by atoms with Crippen LogP contribution in [0.1, 0.15) is 41.4 Å². The molecule has 0 radical (unpaired) electrons. The van der Waals surface area contributed by atoms with Crippen LogP contribution in [0.3, 0.4) is 0 Å². The van der Waals surface area contributed by atoms with Crippen molar-refractivity contribution in [3.63, 3.8) is 0 Å². The van der Waals surface area contributed by atoms with Crippen LogP contribution < -0.4 is 0 Å². The highest BCUT2D eigenvalue weighted by molar-refractivity contribution is 7.99. The van der Waals surface area contributed by atoms with Crippen LogP contribution in [0.15, 0.2) is 35.6 Å². The lowest BCUT2D eigenvalue weighted by Gasteiger charge is -2.11. The van der Waals surface area contributed by atoms with Crippen LogP contribution in [0.2, 0.25) is 0 Å². The number of benzene rings is 1. The minimum Gasteiger partial charge on any atom is -0.461 e. The number of aliphatic hydroxyl groups excluding tert-OH is 1. The minimum atomic E-state index is -0.454. The van der Waals surface area contributed by atoms with Crippen LogP contribution in [-0.2, 0) is 11.3 Å². The Labute approximate surface area is 153 Å². The van der Waals surface area contributed by atoms with Gasteiger partial charge in [-0.3, -0.25) is 0 Å². The van der Waals surface area contributed by atoms with Gasteiger partial charge in [0.25, 0.3) is 0 Å². The summed E-state index contributed by atoms with van der Waals surface area (Å²) in [6.45, 7) is 6.75. The van der Waals surface area contributed by atoms with Crippen molar-refractivity contribution in [1.82, 2.24) is 9.55 Å². The van der Waals surface area contributed by atoms with Crippen molar-refractivity contribution in [2.24, 2.45) is 0 Å². The first-order valence-electron chi connectivity index (χ1n) is 8.56. The largest absolute Gasteiger partial charge is 0.461 e. The number of aryl methyl sites for hydroxylation is 2. The number of nitrogens with zero attached hydrogens (tertiary/aromatic N) is 2. The molecule has 1 aromatic carbocycles. The Balaban J connectivity index is 1.71. The quantitative estimate of drug-likeness (QED) is 0.419. The molecule has 0 fully saturated rings. The summed E-state index contributed by atoms with van der Waals surface area (Å²) in [5.41, 5.74) is 2.89. The van der Waals surface area contributed by atoms with Crippen LogP contribution in [0.25, 0.3) is 0 Å². The molecule has 2 aromatic rings. The van der Waals surface area contributed by atoms with E-state index in [1.807, 2.05) is 11.8 Å². The molecular formula is C19H26N2O3S. The van der Waals surface area contributed by atoms with Gasteiger partial charge in [-0.2, -0.15) is 0 Å². The number of imidazole rings is 1. The molecule has 0 aliphatic carbocycles. The highest BCUT2D eigenvalue weighted by Gasteiger charge is 2.12. The summed E-state index contributed by atoms with van der Waals surface area (Å²) in [6.07, 6.45) is 4.36. The zero-order valence-electron chi connectivity index (χ0n) is 15.1. The number of ether oxygens (including phenoxy) is 1. The van der Waals surface area contributed by atoms with E-state index in [4.69, 9.17) is 4.74 Å². The molecule has 1 N–H and O–H groups in total. The van der Waals surface area contributed by atoms with E-state index in [0.29, 0.717) is 19.6 Å². The topological polar surface area (TPSA) is 64.3 Å². The molecule has 0 saturated heterocycles. The van der Waals surface area contributed by atoms with Crippen LogP contribution >= 0.6 is 11.8 Å². The van der Waals surface area contributed by atoms with Crippen molar-refractivity contribution in [2.75, 3.05) is 12.4 Å². The van der Waals surface area contributed by atoms with E-state index in [0.717, 1.165) is 12.2 Å². The van der Waals surface area contributed by atoms with Gasteiger partial charge in [-0.1, -0.05) is 6.07 Å². The molecule has 1 heterocycles. The molecular weight excluding hydrogens is 336 g/mol. The molecule has 1 atom stereocenters. The fraction of sp³-hybridized carbons (Fsp3) is 0.474. The SMILES string of the molecule is CCOC(=O)c1cn(C[C@@H](O)CCCSc2ccc(C)c(C)c2)cn1. The first kappa shape index (κ1) is 19.5. The highest BCUT2D eigenvalue weighted by atomic mass is 32.2. The number of carbonyl (C=O) groups is 1. The van der Waals surface area contributed by atoms with Crippen LogP contribution in [0.5, 0.6) is 0 Å². The van der Waals surface area contributed by atoms with Gasteiger partial charge in [0, 0.05) is 17.6 Å². The molecule has 6 heteroatoms. The molecule has 0 aliphatic heterocycles. The third-order valence-electron chi connectivity index (χ3n) is 3.97. The average Bonchev–Trinajstić information content (AvgIpc) is 3.03. The Morgan fingerprint density at radius 2 is 2.16 bits per heavy atom. The summed E-state index contributed by atoms with van der Waals surface area (Å²) in [5, 5.41) is 10.2. The number of aliphatic hydroxyl groups is 1. The lowest BCUT2D eigenvalue weighted by molar-refractivity contribution is 0.0519. The zero-order chi connectivity index (χ0) is 18.2. The van der Waals surface area contributed by atoms with Crippen molar-refractivity contribution in [3.8, 4) is 0 Å². The first-order valence-corrected chi connectivity index (χ1v) is 9.55. The van der Waals surface area contributed by atoms with Gasteiger partial charge in [-0.25, -0.2) is 9.78 Å². The number of rotatable bonds is 9. The van der Waals surface area contributed by atoms with E-state index in [2.05, 4.69) is 37.0 Å². The monoisotopic (exact) mass is 362 g/mol. The van der Waals surface area contributed by atoms with Crippen molar-refractivity contribution in [3.05, 3.63) is 47.5 Å². The van der Waals surface area contributed by atoms with Crippen LogP contribution in [-0.4, -0.2) is 39.1 Å². The van der Waals surface area contributed by atoms with E-state index in [9.17, 15) is 9.90 Å². The molecule has 0 amide bonds. The molecule has 0 unspecified atom stereocenters. The Hall–Kier alpha value is -1.79. The fourth-order valence-electron chi connectivity index (χ4n) is 2.42. The molecule has 136 valence electrons. The third kappa shape index (κ3) is 6.21. The maximum absolute atomic E-state index is 11.6. The average molecular weight is 362 g/mol. The van der Waals surface area contributed by atoms with Gasteiger partial charge in [-0.15, -0.1) is 11.8 Å². The van der Waals surface area contributed by atoms with Gasteiger partial charge >= 0.3 is 5.97 Å². The highest BCUT2D eigenvalue weighted by Crippen LogP contribution is 2.22. The normalized spacial score (nSPS) is 12.2. The fourth-order valence-corrected chi connectivity index (χ4v) is 3.39. The maximum Gasteiger partial charge on any atom is 0.358 e. The second-order valence-electron chi connectivity index (χ2n) is 6.07. The second kappa shape index (κ2) is 9.63. The smallest absolute Gasteiger partial charge is 0.358 e. The standard InChI is InChI=1S/C19H26N2O3S/c1-4-24-19(23)18-12-21(13-20-18)11-16(22)6-5-9-25-17-8-7-14(2)15(3)10-17/h7-8,10,12-13,16,22H,4-6,9,11H2,1-3H3/t16-/m0/s1. The summed E-state index contributed by atoms with van der Waals surface area (Å²) in [7, 11) is 0. The van der Waals surface area contributed by atoms with Crippen LogP contribution in [0.4, 0.5) is 0 Å². The summed E-state index contributed by atoms with van der Waals surface area (Å²) < 4.78 is 6.63. The lowest BCUT2D eigenvalue weighted by atomic mass is 10.1. The maximum atomic E-state index is 11.6. The third-order valence-corrected chi connectivity index (χ3v) is 5.05. The van der Waals surface area contributed by atoms with Crippen molar-refractivity contribution >= 4 is 17.7 Å². The molecule has 5 nitrogen and oxygen atoms in total. The second-order valence-corrected chi connectivity index (χ2v) is 7.24. The molecule has 0 aliphatic rings. The van der Waals surface area contributed by atoms with E-state index < -0.39 is 12.1 Å². The van der Waals surface area contributed by atoms with Gasteiger partial charge < -0.3 is 14.4 Å². The molecule has 0 bridgehead atoms. The molecule has 0 saturated carbocycles. The summed E-state index contributed by atoms with van der Waals surface area (Å²) in [4.78, 5) is 16.9. The number of hydrogen-bond acceptors (Lipinski definition) is 5. The van der Waals surface area contributed by atoms with Gasteiger partial charge in [0.2, 0.25) is 0 Å². The number of thioether (sulfide) groups is 1. The Morgan fingerprint density at radius 1 is 1.36 bits per heavy atom. The summed E-state index contributed by atoms with van der Waals surface area (Å²) in [6, 6.07) is 6.50. The Bertz CT molecular complexity index is 700. The predicted molar refractivity (Wildman–Crippen MR) is 100 cm³/mol. The van der Waals surface area contributed by atoms with Gasteiger partial charge in [0.05, 0.1) is 19.0 Å². The molecule has 1 aromatic heterocycles. The van der Waals surface area contributed by atoms with Crippen molar-refractivity contribution in [2.45, 2.75) is 51.2 Å². The number of hydrogen-bond donors (Lipinski definition) is 1. The van der Waals surface area contributed by atoms with Gasteiger partial charge in [0.15, 0.2) is 5.69 Å². The van der Waals surface area contributed by atoms with Crippen molar-refractivity contribution in [1.29, 1.82) is 0 Å².